The van der Waals surface area contributed by atoms with Crippen molar-refractivity contribution in [2.75, 3.05) is 46.5 Å². The molecule has 112 valence electrons. The van der Waals surface area contributed by atoms with Crippen molar-refractivity contribution < 1.29 is 9.47 Å². The van der Waals surface area contributed by atoms with E-state index in [4.69, 9.17) is 15.2 Å². The molecule has 0 radical (unpaired) electrons. The standard InChI is InChI=1S/C16H26N2O2/c1-16(12-17,13-18-7-9-20-10-8-18)11-14-5-3-4-6-15(14)19-2/h3-6H,7-13,17H2,1-2H3. The lowest BCUT2D eigenvalue weighted by Crippen LogP contribution is -2.46. The number of morpholine rings is 1. The zero-order valence-electron chi connectivity index (χ0n) is 12.6. The predicted molar refractivity (Wildman–Crippen MR) is 81.1 cm³/mol. The Morgan fingerprint density at radius 1 is 1.30 bits per heavy atom. The third-order valence-corrected chi connectivity index (χ3v) is 4.01. The van der Waals surface area contributed by atoms with Crippen molar-refractivity contribution in [1.82, 2.24) is 4.90 Å². The number of hydrogen-bond acceptors (Lipinski definition) is 4. The molecular formula is C16H26N2O2. The van der Waals surface area contributed by atoms with Crippen molar-refractivity contribution in [1.29, 1.82) is 0 Å². The van der Waals surface area contributed by atoms with E-state index in [1.54, 1.807) is 7.11 Å². The van der Waals surface area contributed by atoms with Gasteiger partial charge in [-0.1, -0.05) is 25.1 Å². The van der Waals surface area contributed by atoms with Crippen LogP contribution in [0.1, 0.15) is 12.5 Å². The zero-order chi connectivity index (χ0) is 14.4. The Morgan fingerprint density at radius 3 is 2.65 bits per heavy atom. The molecule has 0 aromatic heterocycles. The quantitative estimate of drug-likeness (QED) is 0.857. The lowest BCUT2D eigenvalue weighted by Gasteiger charge is -2.36. The second-order valence-electron chi connectivity index (χ2n) is 5.89. The molecule has 0 aliphatic carbocycles. The molecule has 1 heterocycles. The van der Waals surface area contributed by atoms with E-state index in [0.29, 0.717) is 6.54 Å². The van der Waals surface area contributed by atoms with Gasteiger partial charge in [0.2, 0.25) is 0 Å². The molecular weight excluding hydrogens is 252 g/mol. The Morgan fingerprint density at radius 2 is 2.00 bits per heavy atom. The minimum atomic E-state index is 0.0615. The molecule has 0 spiro atoms. The Labute approximate surface area is 121 Å². The number of methoxy groups -OCH3 is 1. The van der Waals surface area contributed by atoms with Gasteiger partial charge in [0.25, 0.3) is 0 Å². The summed E-state index contributed by atoms with van der Waals surface area (Å²) in [4.78, 5) is 2.45. The molecule has 1 unspecified atom stereocenters. The van der Waals surface area contributed by atoms with Gasteiger partial charge in [0.05, 0.1) is 20.3 Å². The summed E-state index contributed by atoms with van der Waals surface area (Å²) < 4.78 is 10.9. The van der Waals surface area contributed by atoms with Crippen LogP contribution >= 0.6 is 0 Å². The summed E-state index contributed by atoms with van der Waals surface area (Å²) >= 11 is 0. The maximum absolute atomic E-state index is 6.06. The number of para-hydroxylation sites is 1. The van der Waals surface area contributed by atoms with Gasteiger partial charge in [-0.15, -0.1) is 0 Å². The molecule has 2 N–H and O–H groups in total. The van der Waals surface area contributed by atoms with Crippen LogP contribution < -0.4 is 10.5 Å². The van der Waals surface area contributed by atoms with Gasteiger partial charge in [-0.25, -0.2) is 0 Å². The summed E-state index contributed by atoms with van der Waals surface area (Å²) in [6.07, 6.45) is 0.935. The van der Waals surface area contributed by atoms with Crippen molar-refractivity contribution in [2.45, 2.75) is 13.3 Å². The van der Waals surface area contributed by atoms with Crippen LogP contribution in [0.5, 0.6) is 5.75 Å². The molecule has 1 saturated heterocycles. The van der Waals surface area contributed by atoms with E-state index in [-0.39, 0.29) is 5.41 Å². The predicted octanol–water partition coefficient (Wildman–Crippen LogP) is 1.53. The Hall–Kier alpha value is -1.10. The Bertz CT molecular complexity index is 419. The van der Waals surface area contributed by atoms with Gasteiger partial charge < -0.3 is 15.2 Å². The van der Waals surface area contributed by atoms with Crippen LogP contribution in [-0.2, 0) is 11.2 Å². The molecule has 1 aromatic rings. The second-order valence-corrected chi connectivity index (χ2v) is 5.89. The van der Waals surface area contributed by atoms with Crippen LogP contribution in [0.4, 0.5) is 0 Å². The molecule has 1 aliphatic rings. The average molecular weight is 278 g/mol. The summed E-state index contributed by atoms with van der Waals surface area (Å²) in [5, 5.41) is 0. The molecule has 0 bridgehead atoms. The van der Waals surface area contributed by atoms with E-state index in [2.05, 4.69) is 24.0 Å². The average Bonchev–Trinajstić information content (AvgIpc) is 2.49. The summed E-state index contributed by atoms with van der Waals surface area (Å²) in [5.41, 5.74) is 7.36. The highest BCUT2D eigenvalue weighted by molar-refractivity contribution is 5.34. The molecule has 0 amide bonds. The first-order valence-electron chi connectivity index (χ1n) is 7.29. The van der Waals surface area contributed by atoms with Crippen LogP contribution in [0.25, 0.3) is 0 Å². The fourth-order valence-electron chi connectivity index (χ4n) is 2.80. The molecule has 1 aromatic carbocycles. The summed E-state index contributed by atoms with van der Waals surface area (Å²) in [7, 11) is 1.72. The van der Waals surface area contributed by atoms with E-state index in [0.717, 1.165) is 45.0 Å². The van der Waals surface area contributed by atoms with Gasteiger partial charge in [0.1, 0.15) is 5.75 Å². The van der Waals surface area contributed by atoms with Crippen LogP contribution in [-0.4, -0.2) is 51.4 Å². The second kappa shape index (κ2) is 7.07. The van der Waals surface area contributed by atoms with Crippen LogP contribution in [0.2, 0.25) is 0 Å². The smallest absolute Gasteiger partial charge is 0.122 e. The monoisotopic (exact) mass is 278 g/mol. The highest BCUT2D eigenvalue weighted by Gasteiger charge is 2.28. The minimum Gasteiger partial charge on any atom is -0.496 e. The van der Waals surface area contributed by atoms with E-state index in [1.165, 1.54) is 5.56 Å². The number of benzene rings is 1. The van der Waals surface area contributed by atoms with Gasteiger partial charge >= 0.3 is 0 Å². The Kier molecular flexibility index (Phi) is 5.40. The first-order chi connectivity index (χ1) is 9.67. The van der Waals surface area contributed by atoms with Crippen LogP contribution in [0.3, 0.4) is 0 Å². The van der Waals surface area contributed by atoms with Gasteiger partial charge in [-0.2, -0.15) is 0 Å². The largest absolute Gasteiger partial charge is 0.496 e. The number of nitrogens with two attached hydrogens (primary N) is 1. The summed E-state index contributed by atoms with van der Waals surface area (Å²) in [6, 6.07) is 8.21. The number of ether oxygens (including phenoxy) is 2. The van der Waals surface area contributed by atoms with Crippen LogP contribution in [0, 0.1) is 5.41 Å². The van der Waals surface area contributed by atoms with E-state index < -0.39 is 0 Å². The van der Waals surface area contributed by atoms with Crippen molar-refractivity contribution in [3.8, 4) is 5.75 Å². The third-order valence-electron chi connectivity index (χ3n) is 4.01. The fourth-order valence-corrected chi connectivity index (χ4v) is 2.80. The molecule has 4 heteroatoms. The van der Waals surface area contributed by atoms with Crippen molar-refractivity contribution in [3.05, 3.63) is 29.8 Å². The maximum atomic E-state index is 6.06. The van der Waals surface area contributed by atoms with Gasteiger partial charge in [0, 0.05) is 19.6 Å². The van der Waals surface area contributed by atoms with Gasteiger partial charge in [-0.3, -0.25) is 4.90 Å². The first-order valence-corrected chi connectivity index (χ1v) is 7.29. The number of rotatable bonds is 6. The molecule has 1 atom stereocenters. The molecule has 0 saturated carbocycles. The molecule has 4 nitrogen and oxygen atoms in total. The van der Waals surface area contributed by atoms with Gasteiger partial charge in [0.15, 0.2) is 0 Å². The van der Waals surface area contributed by atoms with Crippen LogP contribution in [0.15, 0.2) is 24.3 Å². The molecule has 1 fully saturated rings. The van der Waals surface area contributed by atoms with Gasteiger partial charge in [-0.05, 0) is 30.0 Å². The normalized spacial score (nSPS) is 19.6. The number of nitrogens with zero attached hydrogens (tertiary/aromatic N) is 1. The first kappa shape index (κ1) is 15.3. The van der Waals surface area contributed by atoms with E-state index in [1.807, 2.05) is 12.1 Å². The molecule has 20 heavy (non-hydrogen) atoms. The van der Waals surface area contributed by atoms with E-state index >= 15 is 0 Å². The fraction of sp³-hybridized carbons (Fsp3) is 0.625. The van der Waals surface area contributed by atoms with Crippen molar-refractivity contribution in [3.63, 3.8) is 0 Å². The summed E-state index contributed by atoms with van der Waals surface area (Å²) in [5.74, 6) is 0.953. The lowest BCUT2D eigenvalue weighted by atomic mass is 9.82. The minimum absolute atomic E-state index is 0.0615. The third kappa shape index (κ3) is 3.95. The highest BCUT2D eigenvalue weighted by Crippen LogP contribution is 2.28. The summed E-state index contributed by atoms with van der Waals surface area (Å²) in [6.45, 7) is 7.59. The zero-order valence-corrected chi connectivity index (χ0v) is 12.6. The van der Waals surface area contributed by atoms with Crippen molar-refractivity contribution in [2.24, 2.45) is 11.1 Å². The molecule has 2 rings (SSSR count). The SMILES string of the molecule is COc1ccccc1CC(C)(CN)CN1CCOCC1. The highest BCUT2D eigenvalue weighted by atomic mass is 16.5. The Balaban J connectivity index is 2.05. The van der Waals surface area contributed by atoms with E-state index in [9.17, 15) is 0 Å². The topological polar surface area (TPSA) is 47.7 Å². The van der Waals surface area contributed by atoms with Crippen molar-refractivity contribution >= 4 is 0 Å². The molecule has 1 aliphatic heterocycles. The number of hydrogen-bond donors (Lipinski definition) is 1. The lowest BCUT2D eigenvalue weighted by molar-refractivity contribution is 0.0197. The maximum Gasteiger partial charge on any atom is 0.122 e.